The summed E-state index contributed by atoms with van der Waals surface area (Å²) in [7, 11) is -0.761. The van der Waals surface area contributed by atoms with Gasteiger partial charge in [0, 0.05) is 29.7 Å². The van der Waals surface area contributed by atoms with E-state index in [4.69, 9.17) is 21.6 Å². The Bertz CT molecular complexity index is 699. The Morgan fingerprint density at radius 2 is 1.95 bits per heavy atom. The first-order valence-corrected chi connectivity index (χ1v) is 6.10. The fourth-order valence-corrected chi connectivity index (χ4v) is 1.73. The van der Waals surface area contributed by atoms with Crippen molar-refractivity contribution in [2.45, 2.75) is 59.0 Å². The predicted molar refractivity (Wildman–Crippen MR) is 78.5 cm³/mol. The molecule has 0 bridgehead atoms. The van der Waals surface area contributed by atoms with Gasteiger partial charge in [-0.3, -0.25) is 4.98 Å². The van der Waals surface area contributed by atoms with Crippen LogP contribution in [0.15, 0.2) is 18.3 Å². The van der Waals surface area contributed by atoms with E-state index in [9.17, 15) is 0 Å². The van der Waals surface area contributed by atoms with Crippen LogP contribution >= 0.6 is 0 Å². The molecule has 19 heavy (non-hydrogen) atoms. The second-order valence-electron chi connectivity index (χ2n) is 5.57. The van der Waals surface area contributed by atoms with Gasteiger partial charge in [0.2, 0.25) is 0 Å². The Hall–Kier alpha value is -0.865. The number of hydrogen-bond acceptors (Lipinski definition) is 3. The van der Waals surface area contributed by atoms with Crippen LogP contribution in [0.1, 0.15) is 59.4 Å². The number of aromatic nitrogens is 1. The molecule has 1 fully saturated rings. The first-order chi connectivity index (χ1) is 12.3. The van der Waals surface area contributed by atoms with Crippen molar-refractivity contribution in [1.29, 1.82) is 0 Å². The van der Waals surface area contributed by atoms with Crippen LogP contribution in [0.4, 0.5) is 0 Å². The second kappa shape index (κ2) is 4.91. The van der Waals surface area contributed by atoms with Gasteiger partial charge in [-0.05, 0) is 46.0 Å². The summed E-state index contributed by atoms with van der Waals surface area (Å²) in [5.74, 6) is -3.40. The van der Waals surface area contributed by atoms with Crippen LogP contribution in [0.25, 0.3) is 0 Å². The molecule has 0 unspecified atom stereocenters. The van der Waals surface area contributed by atoms with Crippen molar-refractivity contribution >= 4 is 12.6 Å². The van der Waals surface area contributed by atoms with Crippen molar-refractivity contribution in [3.8, 4) is 0 Å². The molecule has 1 aliphatic rings. The Kier molecular flexibility index (Phi) is 1.74. The van der Waals surface area contributed by atoms with Crippen LogP contribution < -0.4 is 5.46 Å². The van der Waals surface area contributed by atoms with Crippen molar-refractivity contribution in [3.05, 3.63) is 24.0 Å². The molecule has 0 amide bonds. The lowest BCUT2D eigenvalue weighted by Gasteiger charge is -2.32. The van der Waals surface area contributed by atoms with E-state index in [1.165, 1.54) is 18.3 Å². The number of hydrogen-bond donors (Lipinski definition) is 0. The number of rotatable bonds is 3. The van der Waals surface area contributed by atoms with E-state index in [0.717, 1.165) is 0 Å². The van der Waals surface area contributed by atoms with Crippen LogP contribution in [-0.2, 0) is 15.7 Å². The van der Waals surface area contributed by atoms with Crippen LogP contribution in [0.2, 0.25) is 0 Å². The first kappa shape index (κ1) is 6.73. The Morgan fingerprint density at radius 3 is 2.42 bits per heavy atom. The quantitative estimate of drug-likeness (QED) is 0.791. The zero-order valence-electron chi connectivity index (χ0n) is 20.6. The molecule has 1 aromatic heterocycles. The van der Waals surface area contributed by atoms with Crippen molar-refractivity contribution in [3.63, 3.8) is 0 Å². The van der Waals surface area contributed by atoms with E-state index in [1.54, 1.807) is 0 Å². The van der Waals surface area contributed by atoms with E-state index >= 15 is 0 Å². The zero-order chi connectivity index (χ0) is 22.0. The smallest absolute Gasteiger partial charge is 0.399 e. The van der Waals surface area contributed by atoms with Gasteiger partial charge in [-0.2, -0.15) is 0 Å². The van der Waals surface area contributed by atoms with Crippen LogP contribution in [-0.4, -0.2) is 23.3 Å². The number of nitrogens with zero attached hydrogens (tertiary/aromatic N) is 1. The molecule has 104 valence electrons. The third-order valence-electron chi connectivity index (χ3n) is 3.56. The van der Waals surface area contributed by atoms with Gasteiger partial charge >= 0.3 is 7.12 Å². The second-order valence-corrected chi connectivity index (χ2v) is 5.57. The summed E-state index contributed by atoms with van der Waals surface area (Å²) < 4.78 is 81.1. The van der Waals surface area contributed by atoms with Crippen LogP contribution in [0, 0.1) is 5.89 Å². The molecule has 0 N–H and O–H groups in total. The van der Waals surface area contributed by atoms with E-state index in [-0.39, 0.29) is 0 Å². The standard InChI is InChI=1S/C15H24BNO2/c1-11(2)9-13-8-7-12(10-17-13)16-18-14(3,4)15(5,6)19-16/h7-8,10-11H,9H2,1-6H3/i1D3,2D3,9D2,11D. The van der Waals surface area contributed by atoms with E-state index in [1.807, 2.05) is 27.7 Å². The summed E-state index contributed by atoms with van der Waals surface area (Å²) in [6.45, 7) is 0.661. The largest absolute Gasteiger partial charge is 0.496 e. The lowest BCUT2D eigenvalue weighted by atomic mass is 9.80. The molecule has 0 aliphatic carbocycles. The Labute approximate surface area is 129 Å². The van der Waals surface area contributed by atoms with Crippen molar-refractivity contribution in [2.24, 2.45) is 5.89 Å². The van der Waals surface area contributed by atoms with Crippen LogP contribution in [0.3, 0.4) is 0 Å². The molecule has 0 atom stereocenters. The van der Waals surface area contributed by atoms with Crippen molar-refractivity contribution in [1.82, 2.24) is 4.98 Å². The van der Waals surface area contributed by atoms with E-state index in [0.29, 0.717) is 5.46 Å². The normalized spacial score (nSPS) is 30.7. The maximum absolute atomic E-state index is 8.17. The molecule has 0 radical (unpaired) electrons. The monoisotopic (exact) mass is 270 g/mol. The van der Waals surface area contributed by atoms with Gasteiger partial charge in [-0.25, -0.2) is 0 Å². The number of pyridine rings is 1. The molecule has 2 heterocycles. The molecule has 2 rings (SSSR count). The Morgan fingerprint density at radius 1 is 1.32 bits per heavy atom. The van der Waals surface area contributed by atoms with Gasteiger partial charge in [-0.15, -0.1) is 0 Å². The van der Waals surface area contributed by atoms with Gasteiger partial charge in [0.1, 0.15) is 0 Å². The molecule has 1 aromatic rings. The molecular weight excluding hydrogens is 237 g/mol. The fraction of sp³-hybridized carbons (Fsp3) is 0.667. The summed E-state index contributed by atoms with van der Waals surface area (Å²) in [6, 6.07) is 2.60. The van der Waals surface area contributed by atoms with Gasteiger partial charge in [0.25, 0.3) is 0 Å². The highest BCUT2D eigenvalue weighted by Crippen LogP contribution is 2.36. The highest BCUT2D eigenvalue weighted by molar-refractivity contribution is 6.62. The Balaban J connectivity index is 2.42. The topological polar surface area (TPSA) is 31.4 Å². The predicted octanol–water partition coefficient (Wildman–Crippen LogP) is 2.58. The van der Waals surface area contributed by atoms with Gasteiger partial charge in [0.05, 0.1) is 11.2 Å². The maximum atomic E-state index is 8.17. The summed E-state index contributed by atoms with van der Waals surface area (Å²) >= 11 is 0. The molecular formula is C15H24BNO2. The molecule has 0 spiro atoms. The molecule has 0 aromatic carbocycles. The molecule has 4 heteroatoms. The van der Waals surface area contributed by atoms with Crippen molar-refractivity contribution < 1.29 is 21.6 Å². The molecule has 3 nitrogen and oxygen atoms in total. The van der Waals surface area contributed by atoms with Gasteiger partial charge in [0.15, 0.2) is 0 Å². The maximum Gasteiger partial charge on any atom is 0.496 e. The van der Waals surface area contributed by atoms with E-state index in [2.05, 4.69) is 4.98 Å². The third-order valence-corrected chi connectivity index (χ3v) is 3.56. The van der Waals surface area contributed by atoms with Crippen molar-refractivity contribution in [2.75, 3.05) is 0 Å². The average Bonchev–Trinajstić information content (AvgIpc) is 2.72. The van der Waals surface area contributed by atoms with Gasteiger partial charge in [-0.1, -0.05) is 19.8 Å². The lowest BCUT2D eigenvalue weighted by molar-refractivity contribution is 0.00578. The van der Waals surface area contributed by atoms with Crippen LogP contribution in [0.5, 0.6) is 0 Å². The van der Waals surface area contributed by atoms with Gasteiger partial charge < -0.3 is 9.31 Å². The third kappa shape index (κ3) is 3.01. The summed E-state index contributed by atoms with van der Waals surface area (Å²) in [4.78, 5) is 3.93. The lowest BCUT2D eigenvalue weighted by Crippen LogP contribution is -2.41. The molecule has 0 saturated carbocycles. The summed E-state index contributed by atoms with van der Waals surface area (Å²) in [6.07, 6.45) is -1.83. The minimum absolute atomic E-state index is 0.463. The average molecular weight is 270 g/mol. The highest BCUT2D eigenvalue weighted by atomic mass is 16.7. The summed E-state index contributed by atoms with van der Waals surface area (Å²) in [5.41, 5.74) is -1.18. The minimum Gasteiger partial charge on any atom is -0.399 e. The zero-order valence-corrected chi connectivity index (χ0v) is 11.6. The fourth-order valence-electron chi connectivity index (χ4n) is 1.73. The SMILES string of the molecule is [2H]C([2H])([2H])C([2H])(C([2H])([2H])[2H])C([2H])([2H])c1ccc(B2OC(C)(C)C(C)(C)O2)cn1. The highest BCUT2D eigenvalue weighted by Gasteiger charge is 2.51. The summed E-state index contributed by atoms with van der Waals surface area (Å²) in [5, 5.41) is 0. The first-order valence-electron chi connectivity index (χ1n) is 10.6. The molecule has 1 saturated heterocycles. The molecule has 1 aliphatic heterocycles. The minimum atomic E-state index is -3.41. The van der Waals surface area contributed by atoms with E-state index < -0.39 is 50.0 Å².